The van der Waals surface area contributed by atoms with Crippen molar-refractivity contribution in [1.29, 1.82) is 0 Å². The third-order valence-electron chi connectivity index (χ3n) is 7.14. The molecule has 5 heterocycles. The fraction of sp³-hybridized carbons (Fsp3) is 0.500. The van der Waals surface area contributed by atoms with Crippen molar-refractivity contribution in [2.24, 2.45) is 0 Å². The zero-order valence-corrected chi connectivity index (χ0v) is 19.0. The Labute approximate surface area is 192 Å². The molecule has 172 valence electrons. The molecule has 3 aliphatic rings. The highest BCUT2D eigenvalue weighted by Gasteiger charge is 2.48. The number of nitrogens with one attached hydrogen (secondary N) is 1. The highest BCUT2D eigenvalue weighted by molar-refractivity contribution is 6.05. The Kier molecular flexibility index (Phi) is 4.76. The van der Waals surface area contributed by atoms with E-state index in [0.717, 1.165) is 62.3 Å². The minimum atomic E-state index is -0.289. The molecule has 0 radical (unpaired) electrons. The average Bonchev–Trinajstić information content (AvgIpc) is 3.20. The number of fused-ring (bicyclic) bond motifs is 1. The topological polar surface area (TPSA) is 96.1 Å². The van der Waals surface area contributed by atoms with Crippen molar-refractivity contribution in [3.63, 3.8) is 0 Å². The van der Waals surface area contributed by atoms with Gasteiger partial charge in [0.05, 0.1) is 36.3 Å². The molecule has 1 amide bonds. The van der Waals surface area contributed by atoms with E-state index in [4.69, 9.17) is 14.5 Å². The van der Waals surface area contributed by atoms with Crippen LogP contribution in [0.2, 0.25) is 0 Å². The standard InChI is InChI=1S/C24H28N6O3/c1-15-6-7-21-25-13-19(30(15)21)18-4-3-5-20(26-18)27-22(31)17-14-29(28-23(17)32-2)16-8-11-33-24(12-16)9-10-24/h3-5,13-16H,6-12H2,1-2H3,(H,26,27,31)/t15-,16?/m0/s1. The van der Waals surface area contributed by atoms with E-state index in [1.165, 1.54) is 7.11 Å². The lowest BCUT2D eigenvalue weighted by Gasteiger charge is -2.29. The number of amides is 1. The minimum absolute atomic E-state index is 0.0280. The lowest BCUT2D eigenvalue weighted by Crippen LogP contribution is -2.29. The number of nitrogens with zero attached hydrogens (tertiary/aromatic N) is 5. The Morgan fingerprint density at radius 3 is 3.00 bits per heavy atom. The van der Waals surface area contributed by atoms with Crippen molar-refractivity contribution in [3.8, 4) is 17.3 Å². The molecular formula is C24H28N6O3. The lowest BCUT2D eigenvalue weighted by molar-refractivity contribution is -0.0270. The maximum atomic E-state index is 13.1. The van der Waals surface area contributed by atoms with E-state index in [-0.39, 0.29) is 17.6 Å². The predicted octanol–water partition coefficient (Wildman–Crippen LogP) is 3.79. The van der Waals surface area contributed by atoms with Gasteiger partial charge in [-0.3, -0.25) is 9.48 Å². The Bertz CT molecular complexity index is 1210. The Hall–Kier alpha value is -3.20. The van der Waals surface area contributed by atoms with Crippen molar-refractivity contribution < 1.29 is 14.3 Å². The van der Waals surface area contributed by atoms with Crippen LogP contribution >= 0.6 is 0 Å². The van der Waals surface area contributed by atoms with Gasteiger partial charge in [0.1, 0.15) is 17.2 Å². The van der Waals surface area contributed by atoms with Gasteiger partial charge in [0, 0.05) is 25.3 Å². The summed E-state index contributed by atoms with van der Waals surface area (Å²) in [6, 6.07) is 6.24. The van der Waals surface area contributed by atoms with E-state index in [0.29, 0.717) is 23.3 Å². The first-order valence-corrected chi connectivity index (χ1v) is 11.7. The maximum Gasteiger partial charge on any atom is 0.263 e. The largest absolute Gasteiger partial charge is 0.479 e. The number of hydrogen-bond donors (Lipinski definition) is 1. The SMILES string of the molecule is COc1nn(C2CCOC3(CC3)C2)cc1C(=O)Nc1cccc(-c2cnc3n2[C@@H](C)CC3)n1. The number of ether oxygens (including phenoxy) is 2. The van der Waals surface area contributed by atoms with Crippen LogP contribution in [0.15, 0.2) is 30.6 Å². The third kappa shape index (κ3) is 3.60. The summed E-state index contributed by atoms with van der Waals surface area (Å²) >= 11 is 0. The smallest absolute Gasteiger partial charge is 0.263 e. The van der Waals surface area contributed by atoms with E-state index >= 15 is 0 Å². The minimum Gasteiger partial charge on any atom is -0.479 e. The molecule has 1 saturated carbocycles. The van der Waals surface area contributed by atoms with Crippen LogP contribution in [0.3, 0.4) is 0 Å². The second kappa shape index (κ2) is 7.69. The van der Waals surface area contributed by atoms with E-state index in [1.54, 1.807) is 12.3 Å². The zero-order chi connectivity index (χ0) is 22.6. The monoisotopic (exact) mass is 448 g/mol. The lowest BCUT2D eigenvalue weighted by atomic mass is 10.0. The molecule has 6 rings (SSSR count). The number of carbonyl (C=O) groups is 1. The maximum absolute atomic E-state index is 13.1. The van der Waals surface area contributed by atoms with Crippen molar-refractivity contribution in [2.45, 2.75) is 63.1 Å². The molecule has 3 aromatic heterocycles. The van der Waals surface area contributed by atoms with Gasteiger partial charge >= 0.3 is 0 Å². The second-order valence-corrected chi connectivity index (χ2v) is 9.39. The molecule has 33 heavy (non-hydrogen) atoms. The number of anilines is 1. The van der Waals surface area contributed by atoms with Gasteiger partial charge in [0.2, 0.25) is 5.88 Å². The number of imidazole rings is 1. The quantitative estimate of drug-likeness (QED) is 0.638. The molecule has 1 N–H and O–H groups in total. The molecule has 1 unspecified atom stereocenters. The van der Waals surface area contributed by atoms with Crippen molar-refractivity contribution in [3.05, 3.63) is 42.0 Å². The number of methoxy groups -OCH3 is 1. The number of rotatable bonds is 5. The third-order valence-corrected chi connectivity index (χ3v) is 7.14. The Morgan fingerprint density at radius 2 is 2.18 bits per heavy atom. The molecule has 0 bridgehead atoms. The van der Waals surface area contributed by atoms with Gasteiger partial charge in [-0.05, 0) is 51.2 Å². The molecule has 3 aromatic rings. The molecule has 1 aliphatic carbocycles. The van der Waals surface area contributed by atoms with Gasteiger partial charge in [-0.15, -0.1) is 5.10 Å². The van der Waals surface area contributed by atoms with Crippen LogP contribution in [-0.4, -0.2) is 49.5 Å². The molecular weight excluding hydrogens is 420 g/mol. The summed E-state index contributed by atoms with van der Waals surface area (Å²) in [7, 11) is 1.54. The van der Waals surface area contributed by atoms with Crippen LogP contribution in [0.1, 0.15) is 67.3 Å². The highest BCUT2D eigenvalue weighted by Crippen LogP contribution is 2.49. The van der Waals surface area contributed by atoms with Crippen molar-refractivity contribution >= 4 is 11.7 Å². The number of hydrogen-bond acceptors (Lipinski definition) is 6. The molecule has 2 aliphatic heterocycles. The number of carbonyl (C=O) groups excluding carboxylic acids is 1. The van der Waals surface area contributed by atoms with Crippen LogP contribution in [-0.2, 0) is 11.2 Å². The van der Waals surface area contributed by atoms with Gasteiger partial charge < -0.3 is 19.4 Å². The van der Waals surface area contributed by atoms with Crippen LogP contribution in [0.25, 0.3) is 11.4 Å². The fourth-order valence-electron chi connectivity index (χ4n) is 5.15. The summed E-state index contributed by atoms with van der Waals surface area (Å²) in [5.41, 5.74) is 2.20. The summed E-state index contributed by atoms with van der Waals surface area (Å²) in [4.78, 5) is 22.4. The van der Waals surface area contributed by atoms with E-state index in [2.05, 4.69) is 26.9 Å². The first-order valence-electron chi connectivity index (χ1n) is 11.7. The molecule has 2 atom stereocenters. The van der Waals surface area contributed by atoms with Gasteiger partial charge in [-0.2, -0.15) is 0 Å². The normalized spacial score (nSPS) is 22.8. The van der Waals surface area contributed by atoms with Gasteiger partial charge in [-0.1, -0.05) is 6.07 Å². The molecule has 0 aromatic carbocycles. The fourth-order valence-corrected chi connectivity index (χ4v) is 5.15. The van der Waals surface area contributed by atoms with Crippen LogP contribution < -0.4 is 10.1 Å². The Morgan fingerprint density at radius 1 is 1.30 bits per heavy atom. The van der Waals surface area contributed by atoms with E-state index in [9.17, 15) is 4.79 Å². The predicted molar refractivity (Wildman–Crippen MR) is 121 cm³/mol. The van der Waals surface area contributed by atoms with Gasteiger partial charge in [0.15, 0.2) is 0 Å². The van der Waals surface area contributed by atoms with Crippen LogP contribution in [0.4, 0.5) is 5.82 Å². The second-order valence-electron chi connectivity index (χ2n) is 9.39. The summed E-state index contributed by atoms with van der Waals surface area (Å²) in [5.74, 6) is 1.61. The van der Waals surface area contributed by atoms with Crippen LogP contribution in [0, 0.1) is 0 Å². The molecule has 9 nitrogen and oxygen atoms in total. The average molecular weight is 449 g/mol. The summed E-state index contributed by atoms with van der Waals surface area (Å²) in [5, 5.41) is 7.48. The van der Waals surface area contributed by atoms with E-state index < -0.39 is 0 Å². The van der Waals surface area contributed by atoms with Crippen LogP contribution in [0.5, 0.6) is 5.88 Å². The zero-order valence-electron chi connectivity index (χ0n) is 19.0. The van der Waals surface area contributed by atoms with E-state index in [1.807, 2.05) is 23.0 Å². The summed E-state index contributed by atoms with van der Waals surface area (Å²) in [6.07, 6.45) is 9.75. The number of pyridine rings is 1. The molecule has 2 fully saturated rings. The number of aromatic nitrogens is 5. The first-order chi connectivity index (χ1) is 16.0. The summed E-state index contributed by atoms with van der Waals surface area (Å²) in [6.45, 7) is 2.92. The van der Waals surface area contributed by atoms with Gasteiger partial charge in [0.25, 0.3) is 5.91 Å². The number of aryl methyl sites for hydroxylation is 1. The summed E-state index contributed by atoms with van der Waals surface area (Å²) < 4.78 is 15.5. The van der Waals surface area contributed by atoms with Gasteiger partial charge in [-0.25, -0.2) is 9.97 Å². The van der Waals surface area contributed by atoms with Crippen molar-refractivity contribution in [1.82, 2.24) is 24.3 Å². The molecule has 1 spiro atoms. The Balaban J connectivity index is 1.23. The van der Waals surface area contributed by atoms with Crippen molar-refractivity contribution in [2.75, 3.05) is 19.0 Å². The first kappa shape index (κ1) is 20.4. The molecule has 1 saturated heterocycles. The highest BCUT2D eigenvalue weighted by atomic mass is 16.5. The molecule has 9 heteroatoms.